The van der Waals surface area contributed by atoms with Crippen LogP contribution in [0.15, 0.2) is 65.4 Å². The summed E-state index contributed by atoms with van der Waals surface area (Å²) >= 11 is 4.88. The summed E-state index contributed by atoms with van der Waals surface area (Å²) < 4.78 is 0.704. The van der Waals surface area contributed by atoms with Crippen molar-refractivity contribution >= 4 is 55.0 Å². The van der Waals surface area contributed by atoms with Gasteiger partial charge in [0, 0.05) is 9.35 Å². The number of fused-ring (bicyclic) bond motifs is 1. The molecule has 0 radical (unpaired) electrons. The van der Waals surface area contributed by atoms with Gasteiger partial charge in [-0.05, 0) is 29.8 Å². The lowest BCUT2D eigenvalue weighted by Gasteiger charge is -2.09. The first-order chi connectivity index (χ1) is 12.6. The van der Waals surface area contributed by atoms with Crippen molar-refractivity contribution in [1.82, 2.24) is 9.97 Å². The van der Waals surface area contributed by atoms with Gasteiger partial charge in [-0.15, -0.1) is 11.3 Å². The molecule has 0 saturated heterocycles. The highest BCUT2D eigenvalue weighted by molar-refractivity contribution is 9.10. The molecule has 0 fully saturated rings. The third-order valence-corrected chi connectivity index (χ3v) is 5.44. The van der Waals surface area contributed by atoms with Gasteiger partial charge >= 0.3 is 5.97 Å². The molecule has 2 heterocycles. The summed E-state index contributed by atoms with van der Waals surface area (Å²) in [7, 11) is 0. The molecule has 7 heteroatoms. The molecule has 0 atom stereocenters. The number of hydrogen-bond donors (Lipinski definition) is 2. The van der Waals surface area contributed by atoms with Gasteiger partial charge in [0.1, 0.15) is 17.0 Å². The van der Waals surface area contributed by atoms with E-state index in [0.29, 0.717) is 16.0 Å². The van der Waals surface area contributed by atoms with Gasteiger partial charge in [-0.25, -0.2) is 14.8 Å². The second kappa shape index (κ2) is 6.86. The molecule has 0 spiro atoms. The molecule has 0 aliphatic heterocycles. The van der Waals surface area contributed by atoms with Gasteiger partial charge in [-0.3, -0.25) is 0 Å². The molecule has 2 N–H and O–H groups in total. The number of rotatable bonds is 4. The zero-order valence-corrected chi connectivity index (χ0v) is 15.7. The average molecular weight is 426 g/mol. The number of carbonyl (C=O) groups is 1. The van der Waals surface area contributed by atoms with E-state index in [9.17, 15) is 9.90 Å². The van der Waals surface area contributed by atoms with E-state index in [2.05, 4.69) is 31.2 Å². The van der Waals surface area contributed by atoms with Crippen LogP contribution in [0.25, 0.3) is 20.7 Å². The van der Waals surface area contributed by atoms with Crippen LogP contribution in [0.3, 0.4) is 0 Å². The standard InChI is InChI=1S/C19H12BrN3O2S/c20-12-6-7-15(13(8-12)19(24)25)23-17-14-9-16(11-4-2-1-3-5-11)26-18(14)22-10-21-17/h1-10H,(H,24,25)(H,21,22,23). The van der Waals surface area contributed by atoms with Crippen LogP contribution in [0, 0.1) is 0 Å². The van der Waals surface area contributed by atoms with Gasteiger partial charge in [0.2, 0.25) is 0 Å². The predicted octanol–water partition coefficient (Wildman–Crippen LogP) is 5.56. The highest BCUT2D eigenvalue weighted by Crippen LogP contribution is 2.36. The van der Waals surface area contributed by atoms with Crippen molar-refractivity contribution in [2.24, 2.45) is 0 Å². The number of carboxylic acid groups (broad SMARTS) is 1. The first kappa shape index (κ1) is 16.7. The maximum Gasteiger partial charge on any atom is 0.337 e. The molecule has 2 aromatic carbocycles. The number of anilines is 2. The van der Waals surface area contributed by atoms with Gasteiger partial charge in [0.25, 0.3) is 0 Å². The summed E-state index contributed by atoms with van der Waals surface area (Å²) in [4.78, 5) is 22.1. The van der Waals surface area contributed by atoms with E-state index >= 15 is 0 Å². The molecular formula is C19H12BrN3O2S. The number of aromatic nitrogens is 2. The molecule has 128 valence electrons. The second-order valence-corrected chi connectivity index (χ2v) is 7.48. The summed E-state index contributed by atoms with van der Waals surface area (Å²) in [5.41, 5.74) is 1.76. The van der Waals surface area contributed by atoms with Gasteiger partial charge < -0.3 is 10.4 Å². The monoisotopic (exact) mass is 425 g/mol. The van der Waals surface area contributed by atoms with Gasteiger partial charge in [0.05, 0.1) is 16.6 Å². The van der Waals surface area contributed by atoms with Crippen molar-refractivity contribution in [3.8, 4) is 10.4 Å². The average Bonchev–Trinajstić information content (AvgIpc) is 3.09. The third-order valence-electron chi connectivity index (χ3n) is 3.85. The first-order valence-corrected chi connectivity index (χ1v) is 9.32. The minimum Gasteiger partial charge on any atom is -0.478 e. The maximum atomic E-state index is 11.5. The number of carboxylic acids is 1. The van der Waals surface area contributed by atoms with Crippen molar-refractivity contribution in [3.63, 3.8) is 0 Å². The number of benzene rings is 2. The fraction of sp³-hybridized carbons (Fsp3) is 0. The van der Waals surface area contributed by atoms with Gasteiger partial charge in [0.15, 0.2) is 0 Å². The Morgan fingerprint density at radius 2 is 1.88 bits per heavy atom. The maximum absolute atomic E-state index is 11.5. The lowest BCUT2D eigenvalue weighted by atomic mass is 10.1. The van der Waals surface area contributed by atoms with Crippen molar-refractivity contribution in [2.45, 2.75) is 0 Å². The number of halogens is 1. The van der Waals surface area contributed by atoms with E-state index in [1.165, 1.54) is 6.33 Å². The Kier molecular flexibility index (Phi) is 4.40. The smallest absolute Gasteiger partial charge is 0.337 e. The molecule has 0 bridgehead atoms. The molecule has 2 aromatic heterocycles. The molecule has 0 amide bonds. The molecule has 0 aliphatic rings. The lowest BCUT2D eigenvalue weighted by molar-refractivity contribution is 0.0698. The summed E-state index contributed by atoms with van der Waals surface area (Å²) in [6.07, 6.45) is 1.48. The second-order valence-electron chi connectivity index (χ2n) is 5.54. The molecule has 26 heavy (non-hydrogen) atoms. The quantitative estimate of drug-likeness (QED) is 0.447. The Hall–Kier alpha value is -2.77. The molecular weight excluding hydrogens is 414 g/mol. The van der Waals surface area contributed by atoms with Crippen LogP contribution >= 0.6 is 27.3 Å². The summed E-state index contributed by atoms with van der Waals surface area (Å²) in [5.74, 6) is -0.423. The minimum absolute atomic E-state index is 0.171. The number of nitrogens with zero attached hydrogens (tertiary/aromatic N) is 2. The van der Waals surface area contributed by atoms with Gasteiger partial charge in [-0.1, -0.05) is 46.3 Å². The summed E-state index contributed by atoms with van der Waals surface area (Å²) in [5, 5.41) is 13.4. The van der Waals surface area contributed by atoms with Gasteiger partial charge in [-0.2, -0.15) is 0 Å². The fourth-order valence-corrected chi connectivity index (χ4v) is 4.00. The minimum atomic E-state index is -1.01. The van der Waals surface area contributed by atoms with E-state index in [4.69, 9.17) is 0 Å². The Morgan fingerprint density at radius 1 is 1.08 bits per heavy atom. The Bertz CT molecular complexity index is 1110. The van der Waals surface area contributed by atoms with Crippen molar-refractivity contribution in [2.75, 3.05) is 5.32 Å². The van der Waals surface area contributed by atoms with E-state index < -0.39 is 5.97 Å². The van der Waals surface area contributed by atoms with E-state index in [1.54, 1.807) is 29.5 Å². The highest BCUT2D eigenvalue weighted by atomic mass is 79.9. The number of nitrogens with one attached hydrogen (secondary N) is 1. The zero-order valence-electron chi connectivity index (χ0n) is 13.3. The normalized spacial score (nSPS) is 10.8. The number of thiophene rings is 1. The van der Waals surface area contributed by atoms with E-state index in [1.807, 2.05) is 36.4 Å². The van der Waals surface area contributed by atoms with Crippen LogP contribution in [-0.2, 0) is 0 Å². The molecule has 0 unspecified atom stereocenters. The topological polar surface area (TPSA) is 75.1 Å². The van der Waals surface area contributed by atoms with E-state index in [0.717, 1.165) is 20.7 Å². The molecule has 4 aromatic rings. The first-order valence-electron chi connectivity index (χ1n) is 7.71. The molecule has 5 nitrogen and oxygen atoms in total. The van der Waals surface area contributed by atoms with E-state index in [-0.39, 0.29) is 5.56 Å². The Balaban J connectivity index is 1.79. The van der Waals surface area contributed by atoms with Crippen LogP contribution < -0.4 is 5.32 Å². The van der Waals surface area contributed by atoms with Crippen LogP contribution in [-0.4, -0.2) is 21.0 Å². The lowest BCUT2D eigenvalue weighted by Crippen LogP contribution is -2.04. The van der Waals surface area contributed by atoms with Crippen molar-refractivity contribution < 1.29 is 9.90 Å². The van der Waals surface area contributed by atoms with Crippen molar-refractivity contribution in [3.05, 3.63) is 71.0 Å². The van der Waals surface area contributed by atoms with Crippen LogP contribution in [0.5, 0.6) is 0 Å². The zero-order chi connectivity index (χ0) is 18.1. The number of aromatic carboxylic acids is 1. The molecule has 0 saturated carbocycles. The van der Waals surface area contributed by atoms with Crippen LogP contribution in [0.4, 0.5) is 11.5 Å². The molecule has 0 aliphatic carbocycles. The fourth-order valence-electron chi connectivity index (χ4n) is 2.63. The number of hydrogen-bond acceptors (Lipinski definition) is 5. The summed E-state index contributed by atoms with van der Waals surface area (Å²) in [6.45, 7) is 0. The van der Waals surface area contributed by atoms with Crippen LogP contribution in [0.2, 0.25) is 0 Å². The molecule has 4 rings (SSSR count). The van der Waals surface area contributed by atoms with Crippen molar-refractivity contribution in [1.29, 1.82) is 0 Å². The predicted molar refractivity (Wildman–Crippen MR) is 107 cm³/mol. The largest absolute Gasteiger partial charge is 0.478 e. The Morgan fingerprint density at radius 3 is 2.65 bits per heavy atom. The van der Waals surface area contributed by atoms with Crippen LogP contribution in [0.1, 0.15) is 10.4 Å². The Labute approximate surface area is 161 Å². The third kappa shape index (κ3) is 3.18. The summed E-state index contributed by atoms with van der Waals surface area (Å²) in [6, 6.07) is 17.1. The SMILES string of the molecule is O=C(O)c1cc(Br)ccc1Nc1ncnc2sc(-c3ccccc3)cc12. The highest BCUT2D eigenvalue weighted by Gasteiger charge is 2.14.